The number of nitrogen functional groups attached to an aromatic ring is 1. The van der Waals surface area contributed by atoms with Crippen molar-refractivity contribution in [3.05, 3.63) is 48.2 Å². The lowest BCUT2D eigenvalue weighted by Gasteiger charge is -2.28. The summed E-state index contributed by atoms with van der Waals surface area (Å²) in [7, 11) is 0. The van der Waals surface area contributed by atoms with Crippen LogP contribution in [0, 0.1) is 11.7 Å². The maximum atomic E-state index is 14.9. The number of hydrogen-bond acceptors (Lipinski definition) is 3. The second-order valence-electron chi connectivity index (χ2n) is 5.81. The zero-order chi connectivity index (χ0) is 16.6. The summed E-state index contributed by atoms with van der Waals surface area (Å²) < 4.78 is 41.9. The third-order valence-corrected chi connectivity index (χ3v) is 4.06. The van der Waals surface area contributed by atoms with Crippen molar-refractivity contribution in [3.63, 3.8) is 0 Å². The van der Waals surface area contributed by atoms with E-state index in [0.717, 1.165) is 0 Å². The van der Waals surface area contributed by atoms with Crippen molar-refractivity contribution in [2.45, 2.75) is 25.7 Å². The van der Waals surface area contributed by atoms with E-state index in [9.17, 15) is 13.2 Å². The average Bonchev–Trinajstić information content (AvgIpc) is 2.48. The van der Waals surface area contributed by atoms with Crippen LogP contribution >= 0.6 is 0 Å². The molecule has 6 heteroatoms. The fraction of sp³-hybridized carbons (Fsp3) is 0.294. The van der Waals surface area contributed by atoms with Gasteiger partial charge in [0.1, 0.15) is 5.69 Å². The number of nitrogens with two attached hydrogens (primary N) is 1. The first-order valence-electron chi connectivity index (χ1n) is 7.31. The molecule has 0 fully saturated rings. The van der Waals surface area contributed by atoms with Crippen LogP contribution in [0.15, 0.2) is 36.8 Å². The van der Waals surface area contributed by atoms with Gasteiger partial charge in [0, 0.05) is 36.4 Å². The van der Waals surface area contributed by atoms with Crippen molar-refractivity contribution in [1.29, 1.82) is 0 Å². The van der Waals surface area contributed by atoms with Gasteiger partial charge < -0.3 is 5.73 Å². The normalized spacial score (nSPS) is 20.2. The van der Waals surface area contributed by atoms with Crippen molar-refractivity contribution in [2.24, 2.45) is 5.92 Å². The molecule has 0 amide bonds. The first kappa shape index (κ1) is 15.5. The van der Waals surface area contributed by atoms with Crippen molar-refractivity contribution in [2.75, 3.05) is 5.73 Å². The largest absolute Gasteiger partial charge is 0.397 e. The van der Waals surface area contributed by atoms with Gasteiger partial charge in [-0.15, -0.1) is 0 Å². The van der Waals surface area contributed by atoms with Crippen molar-refractivity contribution < 1.29 is 13.2 Å². The Morgan fingerprint density at radius 2 is 1.96 bits per heavy atom. The Labute approximate surface area is 132 Å². The van der Waals surface area contributed by atoms with Crippen molar-refractivity contribution in [3.8, 4) is 11.3 Å². The van der Waals surface area contributed by atoms with Gasteiger partial charge in [-0.25, -0.2) is 13.2 Å². The minimum atomic E-state index is -2.73. The molecule has 0 aliphatic heterocycles. The fourth-order valence-electron chi connectivity index (χ4n) is 2.95. The summed E-state index contributed by atoms with van der Waals surface area (Å²) in [6, 6.07) is 3.10. The smallest absolute Gasteiger partial charge is 0.252 e. The maximum Gasteiger partial charge on any atom is 0.252 e. The van der Waals surface area contributed by atoms with E-state index in [2.05, 4.69) is 9.97 Å². The Bertz CT molecular complexity index is 771. The van der Waals surface area contributed by atoms with Crippen LogP contribution in [0.2, 0.25) is 0 Å². The molecule has 1 unspecified atom stereocenters. The van der Waals surface area contributed by atoms with Gasteiger partial charge in [0.25, 0.3) is 5.92 Å². The third-order valence-electron chi connectivity index (χ3n) is 4.06. The Hall–Kier alpha value is -2.37. The Kier molecular flexibility index (Phi) is 3.83. The highest BCUT2D eigenvalue weighted by Crippen LogP contribution is 2.41. The van der Waals surface area contributed by atoms with E-state index in [-0.39, 0.29) is 18.5 Å². The summed E-state index contributed by atoms with van der Waals surface area (Å²) in [5.74, 6) is -3.71. The first-order valence-corrected chi connectivity index (χ1v) is 7.31. The predicted octanol–water partition coefficient (Wildman–Crippen LogP) is 4.31. The summed E-state index contributed by atoms with van der Waals surface area (Å²) >= 11 is 0. The molecule has 2 aromatic rings. The summed E-state index contributed by atoms with van der Waals surface area (Å²) in [5, 5.41) is 0. The molecule has 0 aromatic carbocycles. The highest BCUT2D eigenvalue weighted by atomic mass is 19.3. The van der Waals surface area contributed by atoms with E-state index in [1.807, 2.05) is 0 Å². The zero-order valence-corrected chi connectivity index (χ0v) is 12.6. The minimum absolute atomic E-state index is 0.104. The van der Waals surface area contributed by atoms with Gasteiger partial charge in [0.05, 0.1) is 11.9 Å². The molecule has 0 saturated heterocycles. The van der Waals surface area contributed by atoms with Crippen LogP contribution in [0.1, 0.15) is 25.3 Å². The molecule has 0 radical (unpaired) electrons. The van der Waals surface area contributed by atoms with Crippen molar-refractivity contribution >= 4 is 11.3 Å². The predicted molar refractivity (Wildman–Crippen MR) is 83.2 cm³/mol. The number of halogens is 3. The second kappa shape index (κ2) is 5.68. The summed E-state index contributed by atoms with van der Waals surface area (Å²) in [5.41, 5.74) is 7.57. The Morgan fingerprint density at radius 3 is 2.65 bits per heavy atom. The Morgan fingerprint density at radius 1 is 1.22 bits per heavy atom. The summed E-state index contributed by atoms with van der Waals surface area (Å²) in [6.07, 6.45) is 5.16. The highest BCUT2D eigenvalue weighted by Gasteiger charge is 2.36. The van der Waals surface area contributed by atoms with E-state index in [1.54, 1.807) is 13.0 Å². The molecule has 2 heterocycles. The van der Waals surface area contributed by atoms with E-state index in [0.29, 0.717) is 22.4 Å². The van der Waals surface area contributed by atoms with Gasteiger partial charge in [0.2, 0.25) is 0 Å². The number of nitrogens with zero attached hydrogens (tertiary/aromatic N) is 2. The lowest BCUT2D eigenvalue weighted by Crippen LogP contribution is -2.24. The monoisotopic (exact) mass is 319 g/mol. The molecule has 120 valence electrons. The molecule has 1 aliphatic carbocycles. The van der Waals surface area contributed by atoms with E-state index < -0.39 is 17.7 Å². The molecule has 2 N–H and O–H groups in total. The first-order chi connectivity index (χ1) is 10.9. The van der Waals surface area contributed by atoms with Gasteiger partial charge in [-0.1, -0.05) is 13.0 Å². The number of aromatic nitrogens is 2. The van der Waals surface area contributed by atoms with Crippen LogP contribution in [0.3, 0.4) is 0 Å². The fourth-order valence-corrected chi connectivity index (χ4v) is 2.95. The lowest BCUT2D eigenvalue weighted by molar-refractivity contribution is -0.0161. The average molecular weight is 319 g/mol. The maximum absolute atomic E-state index is 14.9. The SMILES string of the molecule is CC1CC(F)(F)CC=C1c1ccnc(-c2ccncc2N)c1F. The molecular formula is C17H16F3N3. The number of anilines is 1. The summed E-state index contributed by atoms with van der Waals surface area (Å²) in [6.45, 7) is 1.68. The van der Waals surface area contributed by atoms with Gasteiger partial charge in [-0.05, 0) is 23.6 Å². The highest BCUT2D eigenvalue weighted by molar-refractivity contribution is 5.77. The molecule has 3 rings (SSSR count). The lowest BCUT2D eigenvalue weighted by atomic mass is 9.83. The molecule has 0 spiro atoms. The number of hydrogen-bond donors (Lipinski definition) is 1. The molecule has 0 bridgehead atoms. The van der Waals surface area contributed by atoms with Crippen LogP contribution in [-0.4, -0.2) is 15.9 Å². The van der Waals surface area contributed by atoms with E-state index in [1.165, 1.54) is 30.7 Å². The van der Waals surface area contributed by atoms with Crippen LogP contribution in [0.4, 0.5) is 18.9 Å². The molecule has 1 aliphatic rings. The van der Waals surface area contributed by atoms with Gasteiger partial charge in [0.15, 0.2) is 5.82 Å². The molecule has 3 nitrogen and oxygen atoms in total. The standard InChI is InChI=1S/C17H16F3N3/c1-10-8-17(19,20)5-2-11(10)12-4-7-23-16(15(12)18)13-3-6-22-9-14(13)21/h2-4,6-7,9-10H,5,8,21H2,1H3. The molecular weight excluding hydrogens is 303 g/mol. The third kappa shape index (κ3) is 2.93. The molecule has 0 saturated carbocycles. The van der Waals surface area contributed by atoms with E-state index in [4.69, 9.17) is 5.73 Å². The molecule has 23 heavy (non-hydrogen) atoms. The van der Waals surface area contributed by atoms with Crippen LogP contribution in [0.5, 0.6) is 0 Å². The number of allylic oxidation sites excluding steroid dienone is 2. The van der Waals surface area contributed by atoms with Gasteiger partial charge in [-0.2, -0.15) is 0 Å². The Balaban J connectivity index is 2.08. The number of rotatable bonds is 2. The summed E-state index contributed by atoms with van der Waals surface area (Å²) in [4.78, 5) is 7.93. The van der Waals surface area contributed by atoms with Crippen LogP contribution < -0.4 is 5.73 Å². The zero-order valence-electron chi connectivity index (χ0n) is 12.6. The van der Waals surface area contributed by atoms with Gasteiger partial charge >= 0.3 is 0 Å². The van der Waals surface area contributed by atoms with Crippen LogP contribution in [-0.2, 0) is 0 Å². The van der Waals surface area contributed by atoms with Crippen LogP contribution in [0.25, 0.3) is 16.8 Å². The number of alkyl halides is 2. The van der Waals surface area contributed by atoms with E-state index >= 15 is 0 Å². The molecule has 1 atom stereocenters. The van der Waals surface area contributed by atoms with Gasteiger partial charge in [-0.3, -0.25) is 9.97 Å². The number of pyridine rings is 2. The topological polar surface area (TPSA) is 51.8 Å². The van der Waals surface area contributed by atoms with Crippen molar-refractivity contribution in [1.82, 2.24) is 9.97 Å². The quantitative estimate of drug-likeness (QED) is 0.897. The minimum Gasteiger partial charge on any atom is -0.397 e. The molecule has 2 aromatic heterocycles. The second-order valence-corrected chi connectivity index (χ2v) is 5.81.